The van der Waals surface area contributed by atoms with Gasteiger partial charge in [-0.25, -0.2) is 13.7 Å². The van der Waals surface area contributed by atoms with Gasteiger partial charge in [-0.05, 0) is 52.0 Å². The highest BCUT2D eigenvalue weighted by molar-refractivity contribution is 7.84. The summed E-state index contributed by atoms with van der Waals surface area (Å²) >= 11 is 0. The van der Waals surface area contributed by atoms with Gasteiger partial charge in [-0.1, -0.05) is 30.3 Å². The third-order valence-electron chi connectivity index (χ3n) is 4.56. The monoisotopic (exact) mass is 366 g/mol. The van der Waals surface area contributed by atoms with Crippen LogP contribution in [0.15, 0.2) is 30.3 Å². The van der Waals surface area contributed by atoms with Crippen molar-refractivity contribution in [2.75, 3.05) is 13.1 Å². The number of carbonyl (C=O) groups is 1. The molecule has 1 N–H and O–H groups in total. The average Bonchev–Trinajstić information content (AvgIpc) is 2.59. The molecule has 0 aromatic heterocycles. The number of hydrogen-bond acceptors (Lipinski definition) is 3. The third kappa shape index (κ3) is 6.12. The van der Waals surface area contributed by atoms with Crippen molar-refractivity contribution in [2.24, 2.45) is 5.92 Å². The molecule has 2 unspecified atom stereocenters. The minimum atomic E-state index is -1.07. The van der Waals surface area contributed by atoms with Gasteiger partial charge in [-0.2, -0.15) is 0 Å². The highest BCUT2D eigenvalue weighted by Gasteiger charge is 2.29. The fraction of sp³-hybridized carbons (Fsp3) is 0.632. The molecule has 1 heterocycles. The molecule has 0 saturated carbocycles. The number of likely N-dealkylation sites (tertiary alicyclic amines) is 1. The van der Waals surface area contributed by atoms with Crippen molar-refractivity contribution in [1.82, 2.24) is 9.62 Å². The van der Waals surface area contributed by atoms with Crippen molar-refractivity contribution in [2.45, 2.75) is 57.9 Å². The van der Waals surface area contributed by atoms with E-state index in [1.165, 1.54) is 0 Å². The number of nitrogens with zero attached hydrogens (tertiary/aromatic N) is 1. The Labute approximate surface area is 153 Å². The maximum absolute atomic E-state index is 12.2. The minimum Gasteiger partial charge on any atom is -0.445 e. The zero-order valence-electron chi connectivity index (χ0n) is 15.7. The van der Waals surface area contributed by atoms with Crippen LogP contribution in [0.5, 0.6) is 0 Å². The van der Waals surface area contributed by atoms with Crippen molar-refractivity contribution < 1.29 is 13.7 Å². The molecule has 1 fully saturated rings. The van der Waals surface area contributed by atoms with Crippen molar-refractivity contribution in [1.29, 1.82) is 0 Å². The predicted octanol–water partition coefficient (Wildman–Crippen LogP) is 3.48. The molecular weight excluding hydrogens is 336 g/mol. The van der Waals surface area contributed by atoms with E-state index in [2.05, 4.69) is 11.6 Å². The maximum Gasteiger partial charge on any atom is 0.410 e. The van der Waals surface area contributed by atoms with Crippen LogP contribution in [0.1, 0.15) is 46.1 Å². The zero-order valence-corrected chi connectivity index (χ0v) is 16.5. The van der Waals surface area contributed by atoms with Crippen LogP contribution in [0, 0.1) is 5.92 Å². The maximum atomic E-state index is 12.2. The number of hydrogen-bond donors (Lipinski definition) is 1. The molecule has 2 atom stereocenters. The van der Waals surface area contributed by atoms with E-state index in [4.69, 9.17) is 4.74 Å². The summed E-state index contributed by atoms with van der Waals surface area (Å²) in [5.74, 6) is 0.421. The molecule has 0 aliphatic carbocycles. The number of carbonyl (C=O) groups excluding carboxylic acids is 1. The molecule has 1 aliphatic heterocycles. The third-order valence-corrected chi connectivity index (χ3v) is 6.26. The van der Waals surface area contributed by atoms with Gasteiger partial charge in [0.2, 0.25) is 0 Å². The van der Waals surface area contributed by atoms with Crippen LogP contribution in [-0.2, 0) is 22.3 Å². The van der Waals surface area contributed by atoms with Gasteiger partial charge in [-0.3, -0.25) is 0 Å². The van der Waals surface area contributed by atoms with Crippen LogP contribution in [0.3, 0.4) is 0 Å². The zero-order chi connectivity index (χ0) is 18.4. The molecule has 6 heteroatoms. The lowest BCUT2D eigenvalue weighted by Gasteiger charge is -2.35. The average molecular weight is 367 g/mol. The number of amides is 1. The molecule has 1 amide bonds. The Morgan fingerprint density at radius 2 is 1.88 bits per heavy atom. The van der Waals surface area contributed by atoms with Crippen LogP contribution in [0.4, 0.5) is 4.79 Å². The Morgan fingerprint density at radius 3 is 2.44 bits per heavy atom. The van der Waals surface area contributed by atoms with Crippen molar-refractivity contribution in [3.63, 3.8) is 0 Å². The van der Waals surface area contributed by atoms with Gasteiger partial charge in [-0.15, -0.1) is 0 Å². The fourth-order valence-electron chi connectivity index (χ4n) is 2.83. The second-order valence-electron chi connectivity index (χ2n) is 7.65. The topological polar surface area (TPSA) is 58.6 Å². The Balaban J connectivity index is 1.75. The van der Waals surface area contributed by atoms with E-state index >= 15 is 0 Å². The molecule has 25 heavy (non-hydrogen) atoms. The molecule has 0 radical (unpaired) electrons. The van der Waals surface area contributed by atoms with Gasteiger partial charge in [0.25, 0.3) is 0 Å². The first-order chi connectivity index (χ1) is 11.8. The molecule has 0 bridgehead atoms. The molecule has 1 aromatic rings. The SMILES string of the molecule is CC(NS(=O)C(C)(C)C)C1CCN(C(=O)OCc2ccccc2)CC1. The van der Waals surface area contributed by atoms with Gasteiger partial charge in [0.15, 0.2) is 0 Å². The summed E-state index contributed by atoms with van der Waals surface area (Å²) in [7, 11) is -1.07. The number of ether oxygens (including phenoxy) is 1. The Morgan fingerprint density at radius 1 is 1.28 bits per heavy atom. The first-order valence-corrected chi connectivity index (χ1v) is 10.1. The van der Waals surface area contributed by atoms with E-state index in [-0.39, 0.29) is 16.9 Å². The van der Waals surface area contributed by atoms with Gasteiger partial charge < -0.3 is 9.64 Å². The molecular formula is C19H30N2O3S. The van der Waals surface area contributed by atoms with E-state index in [0.717, 1.165) is 18.4 Å². The second-order valence-corrected chi connectivity index (χ2v) is 9.65. The van der Waals surface area contributed by atoms with Crippen LogP contribution < -0.4 is 4.72 Å². The van der Waals surface area contributed by atoms with Crippen LogP contribution >= 0.6 is 0 Å². The summed E-state index contributed by atoms with van der Waals surface area (Å²) in [6.45, 7) is 9.66. The molecule has 140 valence electrons. The lowest BCUT2D eigenvalue weighted by Crippen LogP contribution is -2.46. The van der Waals surface area contributed by atoms with Gasteiger partial charge in [0.05, 0.1) is 15.7 Å². The predicted molar refractivity (Wildman–Crippen MR) is 101 cm³/mol. The van der Waals surface area contributed by atoms with Gasteiger partial charge >= 0.3 is 6.09 Å². The summed E-state index contributed by atoms with van der Waals surface area (Å²) in [4.78, 5) is 14.0. The molecule has 1 saturated heterocycles. The number of nitrogens with one attached hydrogen (secondary N) is 1. The first kappa shape index (κ1) is 19.9. The summed E-state index contributed by atoms with van der Waals surface area (Å²) in [5, 5.41) is 0. The summed E-state index contributed by atoms with van der Waals surface area (Å²) in [5.41, 5.74) is 0.994. The second kappa shape index (κ2) is 8.81. The van der Waals surface area contributed by atoms with E-state index < -0.39 is 11.0 Å². The van der Waals surface area contributed by atoms with E-state index in [9.17, 15) is 9.00 Å². The van der Waals surface area contributed by atoms with E-state index in [1.807, 2.05) is 51.1 Å². The molecule has 1 aromatic carbocycles. The standard InChI is InChI=1S/C19H30N2O3S/c1-15(20-25(23)19(2,3)4)17-10-12-21(13-11-17)18(22)24-14-16-8-6-5-7-9-16/h5-9,15,17,20H,10-14H2,1-4H3. The van der Waals surface area contributed by atoms with Crippen molar-refractivity contribution in [3.05, 3.63) is 35.9 Å². The summed E-state index contributed by atoms with van der Waals surface area (Å²) in [6, 6.07) is 9.87. The Kier molecular flexibility index (Phi) is 7.02. The first-order valence-electron chi connectivity index (χ1n) is 8.91. The number of benzene rings is 1. The van der Waals surface area contributed by atoms with Crippen molar-refractivity contribution in [3.8, 4) is 0 Å². The van der Waals surface area contributed by atoms with E-state index in [1.54, 1.807) is 4.90 Å². The summed E-state index contributed by atoms with van der Waals surface area (Å²) in [6.07, 6.45) is 1.55. The molecule has 2 rings (SSSR count). The van der Waals surface area contributed by atoms with Gasteiger partial charge in [0, 0.05) is 19.1 Å². The lowest BCUT2D eigenvalue weighted by atomic mass is 9.91. The van der Waals surface area contributed by atoms with Crippen LogP contribution in [0.2, 0.25) is 0 Å². The quantitative estimate of drug-likeness (QED) is 0.868. The Hall–Kier alpha value is -1.40. The summed E-state index contributed by atoms with van der Waals surface area (Å²) < 4.78 is 20.6. The van der Waals surface area contributed by atoms with E-state index in [0.29, 0.717) is 25.6 Å². The fourth-order valence-corrected chi connectivity index (χ4v) is 3.72. The molecule has 5 nitrogen and oxygen atoms in total. The Bertz CT molecular complexity index is 578. The highest BCUT2D eigenvalue weighted by atomic mass is 32.2. The highest BCUT2D eigenvalue weighted by Crippen LogP contribution is 2.22. The number of rotatable bonds is 5. The normalized spacial score (nSPS) is 18.6. The lowest BCUT2D eigenvalue weighted by molar-refractivity contribution is 0.0798. The molecule has 1 aliphatic rings. The smallest absolute Gasteiger partial charge is 0.410 e. The molecule has 0 spiro atoms. The van der Waals surface area contributed by atoms with Gasteiger partial charge in [0.1, 0.15) is 6.61 Å². The van der Waals surface area contributed by atoms with Crippen LogP contribution in [0.25, 0.3) is 0 Å². The van der Waals surface area contributed by atoms with Crippen LogP contribution in [-0.4, -0.2) is 39.1 Å². The minimum absolute atomic E-state index is 0.169. The largest absolute Gasteiger partial charge is 0.445 e. The van der Waals surface area contributed by atoms with Crippen molar-refractivity contribution >= 4 is 17.1 Å². The number of piperidine rings is 1.